The average Bonchev–Trinajstić information content (AvgIpc) is 3.29. The monoisotopic (exact) mass is 347 g/mol. The molecule has 25 heavy (non-hydrogen) atoms. The van der Waals surface area contributed by atoms with Crippen molar-refractivity contribution < 1.29 is 4.52 Å². The number of hydrogen-bond acceptors (Lipinski definition) is 5. The van der Waals surface area contributed by atoms with Crippen molar-refractivity contribution in [3.63, 3.8) is 0 Å². The first-order valence-electron chi connectivity index (χ1n) is 8.01. The zero-order chi connectivity index (χ0) is 17.2. The average molecular weight is 347 g/mol. The molecule has 0 radical (unpaired) electrons. The van der Waals surface area contributed by atoms with Gasteiger partial charge in [-0.25, -0.2) is 0 Å². The van der Waals surface area contributed by atoms with E-state index in [1.807, 2.05) is 25.1 Å². The number of benzene rings is 2. The Balaban J connectivity index is 1.57. The lowest BCUT2D eigenvalue weighted by Gasteiger charge is -2.01. The minimum absolute atomic E-state index is 0.566. The van der Waals surface area contributed by atoms with Crippen LogP contribution in [0.25, 0.3) is 21.8 Å². The van der Waals surface area contributed by atoms with E-state index in [4.69, 9.17) is 10.3 Å². The highest BCUT2D eigenvalue weighted by atomic mass is 32.1. The summed E-state index contributed by atoms with van der Waals surface area (Å²) in [6.45, 7) is 1.97. The van der Waals surface area contributed by atoms with Crippen LogP contribution in [0.3, 0.4) is 0 Å². The Morgan fingerprint density at radius 3 is 2.76 bits per heavy atom. The van der Waals surface area contributed by atoms with E-state index < -0.39 is 0 Å². The standard InChI is InChI=1S/C20H17N3OS/c1-13-7-8-16(12-17(13)21)20-22-19(24-23-20)11-14-4-2-5-15(10-14)18-6-3-9-25-18/h2-10,12H,11,21H2,1H3. The fourth-order valence-corrected chi connectivity index (χ4v) is 3.40. The molecular formula is C20H17N3OS. The van der Waals surface area contributed by atoms with Crippen LogP contribution < -0.4 is 5.73 Å². The van der Waals surface area contributed by atoms with E-state index in [1.165, 1.54) is 10.4 Å². The number of nitrogens with two attached hydrogens (primary N) is 1. The lowest BCUT2D eigenvalue weighted by atomic mass is 10.1. The highest BCUT2D eigenvalue weighted by Crippen LogP contribution is 2.26. The molecule has 0 aliphatic rings. The highest BCUT2D eigenvalue weighted by molar-refractivity contribution is 7.13. The van der Waals surface area contributed by atoms with E-state index >= 15 is 0 Å². The van der Waals surface area contributed by atoms with E-state index in [0.29, 0.717) is 18.1 Å². The molecule has 0 spiro atoms. The van der Waals surface area contributed by atoms with Gasteiger partial charge in [-0.15, -0.1) is 11.3 Å². The topological polar surface area (TPSA) is 64.9 Å². The molecular weight excluding hydrogens is 330 g/mol. The van der Waals surface area contributed by atoms with Gasteiger partial charge in [0.15, 0.2) is 0 Å². The highest BCUT2D eigenvalue weighted by Gasteiger charge is 2.11. The summed E-state index contributed by atoms with van der Waals surface area (Å²) in [7, 11) is 0. The Morgan fingerprint density at radius 1 is 1.04 bits per heavy atom. The summed E-state index contributed by atoms with van der Waals surface area (Å²) < 4.78 is 5.42. The number of nitrogens with zero attached hydrogens (tertiary/aromatic N) is 2. The molecule has 4 nitrogen and oxygen atoms in total. The summed E-state index contributed by atoms with van der Waals surface area (Å²) >= 11 is 1.73. The molecule has 5 heteroatoms. The second-order valence-corrected chi connectivity index (χ2v) is 6.89. The Labute approximate surface area is 149 Å². The Kier molecular flexibility index (Phi) is 4.07. The fraction of sp³-hybridized carbons (Fsp3) is 0.100. The van der Waals surface area contributed by atoms with Crippen LogP contribution in [0, 0.1) is 6.92 Å². The summed E-state index contributed by atoms with van der Waals surface area (Å²) in [5, 5.41) is 6.17. The van der Waals surface area contributed by atoms with Crippen LogP contribution in [0.2, 0.25) is 0 Å². The molecule has 0 aliphatic carbocycles. The number of anilines is 1. The molecule has 0 saturated carbocycles. The summed E-state index contributed by atoms with van der Waals surface area (Å²) in [6, 6.07) is 18.4. The molecule has 2 aromatic heterocycles. The van der Waals surface area contributed by atoms with Crippen molar-refractivity contribution >= 4 is 17.0 Å². The van der Waals surface area contributed by atoms with Gasteiger partial charge >= 0.3 is 0 Å². The molecule has 2 N–H and O–H groups in total. The van der Waals surface area contributed by atoms with Crippen LogP contribution in [0.4, 0.5) is 5.69 Å². The van der Waals surface area contributed by atoms with Gasteiger partial charge in [0.25, 0.3) is 0 Å². The first-order chi connectivity index (χ1) is 12.2. The van der Waals surface area contributed by atoms with Gasteiger partial charge in [-0.1, -0.05) is 41.6 Å². The molecule has 2 aromatic carbocycles. The van der Waals surface area contributed by atoms with Gasteiger partial charge in [0.05, 0.1) is 6.42 Å². The third kappa shape index (κ3) is 3.32. The summed E-state index contributed by atoms with van der Waals surface area (Å²) in [5.41, 5.74) is 11.0. The number of thiophene rings is 1. The van der Waals surface area contributed by atoms with Crippen LogP contribution in [-0.4, -0.2) is 10.1 Å². The number of hydrogen-bond donors (Lipinski definition) is 1. The first-order valence-corrected chi connectivity index (χ1v) is 8.89. The van der Waals surface area contributed by atoms with Crippen molar-refractivity contribution in [2.75, 3.05) is 5.73 Å². The van der Waals surface area contributed by atoms with Gasteiger partial charge in [-0.05, 0) is 47.2 Å². The molecule has 0 unspecified atom stereocenters. The fourth-order valence-electron chi connectivity index (χ4n) is 2.68. The predicted octanol–water partition coefficient (Wildman–Crippen LogP) is 4.95. The second-order valence-electron chi connectivity index (χ2n) is 5.94. The van der Waals surface area contributed by atoms with Crippen LogP contribution in [0.15, 0.2) is 64.5 Å². The Bertz CT molecular complexity index is 1010. The number of nitrogen functional groups attached to an aromatic ring is 1. The van der Waals surface area contributed by atoms with Gasteiger partial charge in [-0.3, -0.25) is 0 Å². The zero-order valence-electron chi connectivity index (χ0n) is 13.8. The molecule has 0 aliphatic heterocycles. The maximum Gasteiger partial charge on any atom is 0.231 e. The molecule has 124 valence electrons. The van der Waals surface area contributed by atoms with Crippen LogP contribution in [0.1, 0.15) is 17.0 Å². The van der Waals surface area contributed by atoms with Gasteiger partial charge in [0.2, 0.25) is 11.7 Å². The lowest BCUT2D eigenvalue weighted by Crippen LogP contribution is -1.91. The van der Waals surface area contributed by atoms with Crippen molar-refractivity contribution in [1.29, 1.82) is 0 Å². The molecule has 0 fully saturated rings. The van der Waals surface area contributed by atoms with E-state index in [2.05, 4.69) is 51.9 Å². The van der Waals surface area contributed by atoms with Crippen LogP contribution in [0.5, 0.6) is 0 Å². The molecule has 0 amide bonds. The predicted molar refractivity (Wildman–Crippen MR) is 101 cm³/mol. The van der Waals surface area contributed by atoms with E-state index in [1.54, 1.807) is 11.3 Å². The third-order valence-corrected chi connectivity index (χ3v) is 5.01. The van der Waals surface area contributed by atoms with E-state index in [0.717, 1.165) is 22.4 Å². The normalized spacial score (nSPS) is 10.9. The van der Waals surface area contributed by atoms with Crippen molar-refractivity contribution in [2.24, 2.45) is 0 Å². The molecule has 4 aromatic rings. The number of aromatic nitrogens is 2. The number of aryl methyl sites for hydroxylation is 1. The molecule has 0 bridgehead atoms. The first kappa shape index (κ1) is 15.6. The Hall–Kier alpha value is -2.92. The van der Waals surface area contributed by atoms with Crippen molar-refractivity contribution in [1.82, 2.24) is 10.1 Å². The molecule has 0 saturated heterocycles. The van der Waals surface area contributed by atoms with Crippen LogP contribution >= 0.6 is 11.3 Å². The second kappa shape index (κ2) is 6.53. The molecule has 4 rings (SSSR count). The maximum absolute atomic E-state index is 5.97. The minimum atomic E-state index is 0.566. The van der Waals surface area contributed by atoms with Crippen molar-refractivity contribution in [3.8, 4) is 21.8 Å². The van der Waals surface area contributed by atoms with E-state index in [9.17, 15) is 0 Å². The smallest absolute Gasteiger partial charge is 0.231 e. The number of rotatable bonds is 4. The van der Waals surface area contributed by atoms with Crippen molar-refractivity contribution in [3.05, 3.63) is 77.0 Å². The zero-order valence-corrected chi connectivity index (χ0v) is 14.6. The SMILES string of the molecule is Cc1ccc(-c2noc(Cc3cccc(-c4cccs4)c3)n2)cc1N. The Morgan fingerprint density at radius 2 is 1.96 bits per heavy atom. The van der Waals surface area contributed by atoms with Crippen LogP contribution in [-0.2, 0) is 6.42 Å². The largest absolute Gasteiger partial charge is 0.398 e. The minimum Gasteiger partial charge on any atom is -0.398 e. The van der Waals surface area contributed by atoms with Gasteiger partial charge in [0, 0.05) is 16.1 Å². The third-order valence-electron chi connectivity index (χ3n) is 4.09. The molecule has 0 atom stereocenters. The van der Waals surface area contributed by atoms with Crippen molar-refractivity contribution in [2.45, 2.75) is 13.3 Å². The van der Waals surface area contributed by atoms with Gasteiger partial charge < -0.3 is 10.3 Å². The van der Waals surface area contributed by atoms with Gasteiger partial charge in [-0.2, -0.15) is 4.98 Å². The quantitative estimate of drug-likeness (QED) is 0.531. The maximum atomic E-state index is 5.97. The molecule has 2 heterocycles. The summed E-state index contributed by atoms with van der Waals surface area (Å²) in [5.74, 6) is 1.16. The lowest BCUT2D eigenvalue weighted by molar-refractivity contribution is 0.386. The summed E-state index contributed by atoms with van der Waals surface area (Å²) in [4.78, 5) is 5.76. The summed E-state index contributed by atoms with van der Waals surface area (Å²) in [6.07, 6.45) is 0.605. The van der Waals surface area contributed by atoms with E-state index in [-0.39, 0.29) is 0 Å². The van der Waals surface area contributed by atoms with Gasteiger partial charge in [0.1, 0.15) is 0 Å².